The Balaban J connectivity index is 3.33. The molecule has 0 heterocycles. The van der Waals surface area contributed by atoms with Crippen molar-refractivity contribution in [3.8, 4) is 0 Å². The van der Waals surface area contributed by atoms with Crippen LogP contribution in [0, 0.1) is 0 Å². The molecule has 1 unspecified atom stereocenters. The summed E-state index contributed by atoms with van der Waals surface area (Å²) in [5, 5.41) is 9.33. The van der Waals surface area contributed by atoms with Crippen molar-refractivity contribution in [2.24, 2.45) is 0 Å². The van der Waals surface area contributed by atoms with Crippen molar-refractivity contribution < 1.29 is 9.90 Å². The number of hydrogen-bond acceptors (Lipinski definition) is 2. The molecule has 0 aromatic heterocycles. The molecule has 0 aliphatic heterocycles. The van der Waals surface area contributed by atoms with Gasteiger partial charge in [0.25, 0.3) is 0 Å². The SMILES string of the molecule is CCCCCC(CC)SCCCCCC(=O)O. The molecule has 1 N–H and O–H groups in total. The van der Waals surface area contributed by atoms with Crippen molar-refractivity contribution in [1.82, 2.24) is 0 Å². The van der Waals surface area contributed by atoms with Crippen LogP contribution in [0.3, 0.4) is 0 Å². The first-order valence-corrected chi connectivity index (χ1v) is 8.09. The summed E-state index contributed by atoms with van der Waals surface area (Å²) in [4.78, 5) is 10.3. The highest BCUT2D eigenvalue weighted by Crippen LogP contribution is 2.22. The minimum atomic E-state index is -0.663. The Labute approximate surface area is 111 Å². The smallest absolute Gasteiger partial charge is 0.303 e. The lowest BCUT2D eigenvalue weighted by atomic mass is 10.1. The summed E-state index contributed by atoms with van der Waals surface area (Å²) in [6.07, 6.45) is 10.0. The maximum atomic E-state index is 10.3. The van der Waals surface area contributed by atoms with Gasteiger partial charge in [-0.3, -0.25) is 4.79 Å². The average Bonchev–Trinajstić information content (AvgIpc) is 2.31. The molecular weight excluding hydrogens is 232 g/mol. The Kier molecular flexibility index (Phi) is 12.2. The van der Waals surface area contributed by atoms with Crippen molar-refractivity contribution in [2.75, 3.05) is 5.75 Å². The molecular formula is C14H28O2S. The molecule has 0 fully saturated rings. The third-order valence-electron chi connectivity index (χ3n) is 2.97. The molecule has 1 atom stereocenters. The van der Waals surface area contributed by atoms with Crippen LogP contribution in [0.25, 0.3) is 0 Å². The minimum absolute atomic E-state index is 0.332. The van der Waals surface area contributed by atoms with Crippen LogP contribution < -0.4 is 0 Å². The van der Waals surface area contributed by atoms with Crippen LogP contribution >= 0.6 is 11.8 Å². The van der Waals surface area contributed by atoms with Crippen LogP contribution in [0.4, 0.5) is 0 Å². The molecule has 3 heteroatoms. The van der Waals surface area contributed by atoms with Gasteiger partial charge in [-0.15, -0.1) is 0 Å². The van der Waals surface area contributed by atoms with Gasteiger partial charge in [-0.05, 0) is 31.4 Å². The van der Waals surface area contributed by atoms with Gasteiger partial charge in [-0.25, -0.2) is 0 Å². The molecule has 0 aromatic carbocycles. The molecule has 17 heavy (non-hydrogen) atoms. The van der Waals surface area contributed by atoms with E-state index in [9.17, 15) is 4.79 Å². The summed E-state index contributed by atoms with van der Waals surface area (Å²) >= 11 is 2.08. The highest BCUT2D eigenvalue weighted by atomic mass is 32.2. The Bertz CT molecular complexity index is 183. The number of carbonyl (C=O) groups is 1. The van der Waals surface area contributed by atoms with E-state index >= 15 is 0 Å². The van der Waals surface area contributed by atoms with Crippen molar-refractivity contribution in [3.63, 3.8) is 0 Å². The van der Waals surface area contributed by atoms with Crippen molar-refractivity contribution in [1.29, 1.82) is 0 Å². The predicted molar refractivity (Wildman–Crippen MR) is 76.8 cm³/mol. The second-order valence-corrected chi connectivity index (χ2v) is 6.01. The summed E-state index contributed by atoms with van der Waals surface area (Å²) in [5.74, 6) is 0.535. The number of thioether (sulfide) groups is 1. The van der Waals surface area contributed by atoms with Gasteiger partial charge >= 0.3 is 5.97 Å². The van der Waals surface area contributed by atoms with E-state index < -0.39 is 5.97 Å². The number of hydrogen-bond donors (Lipinski definition) is 1. The topological polar surface area (TPSA) is 37.3 Å². The van der Waals surface area contributed by atoms with Gasteiger partial charge in [0, 0.05) is 11.7 Å². The van der Waals surface area contributed by atoms with E-state index in [1.807, 2.05) is 0 Å². The van der Waals surface area contributed by atoms with E-state index in [1.165, 1.54) is 44.3 Å². The predicted octanol–water partition coefficient (Wildman–Crippen LogP) is 4.72. The van der Waals surface area contributed by atoms with Gasteiger partial charge in [-0.2, -0.15) is 11.8 Å². The molecule has 0 spiro atoms. The summed E-state index contributed by atoms with van der Waals surface area (Å²) in [6, 6.07) is 0. The van der Waals surface area contributed by atoms with Crippen LogP contribution in [0.5, 0.6) is 0 Å². The van der Waals surface area contributed by atoms with Gasteiger partial charge in [0.05, 0.1) is 0 Å². The highest BCUT2D eigenvalue weighted by molar-refractivity contribution is 7.99. The Morgan fingerprint density at radius 3 is 2.47 bits per heavy atom. The molecule has 0 radical (unpaired) electrons. The molecule has 0 aromatic rings. The number of carboxylic acid groups (broad SMARTS) is 1. The zero-order chi connectivity index (χ0) is 12.9. The number of aliphatic carboxylic acids is 1. The third kappa shape index (κ3) is 12.1. The van der Waals surface area contributed by atoms with E-state index in [0.717, 1.165) is 18.1 Å². The first-order valence-electron chi connectivity index (χ1n) is 7.04. The first kappa shape index (κ1) is 16.8. The Hall–Kier alpha value is -0.180. The fourth-order valence-corrected chi connectivity index (χ4v) is 3.11. The lowest BCUT2D eigenvalue weighted by molar-refractivity contribution is -0.137. The molecule has 2 nitrogen and oxygen atoms in total. The van der Waals surface area contributed by atoms with E-state index in [2.05, 4.69) is 25.6 Å². The first-order chi connectivity index (χ1) is 8.20. The van der Waals surface area contributed by atoms with Gasteiger partial charge in [0.2, 0.25) is 0 Å². The van der Waals surface area contributed by atoms with Gasteiger partial charge < -0.3 is 5.11 Å². The quantitative estimate of drug-likeness (QED) is 0.516. The van der Waals surface area contributed by atoms with Gasteiger partial charge in [0.15, 0.2) is 0 Å². The number of carboxylic acids is 1. The van der Waals surface area contributed by atoms with E-state index in [-0.39, 0.29) is 0 Å². The summed E-state index contributed by atoms with van der Waals surface area (Å²) in [5.41, 5.74) is 0. The molecule has 0 saturated carbocycles. The summed E-state index contributed by atoms with van der Waals surface area (Å²) < 4.78 is 0. The Morgan fingerprint density at radius 1 is 1.12 bits per heavy atom. The monoisotopic (exact) mass is 260 g/mol. The van der Waals surface area contributed by atoms with Crippen LogP contribution in [-0.2, 0) is 4.79 Å². The maximum absolute atomic E-state index is 10.3. The molecule has 0 rings (SSSR count). The number of unbranched alkanes of at least 4 members (excludes halogenated alkanes) is 4. The minimum Gasteiger partial charge on any atom is -0.481 e. The maximum Gasteiger partial charge on any atom is 0.303 e. The molecule has 0 bridgehead atoms. The van der Waals surface area contributed by atoms with Crippen molar-refractivity contribution in [2.45, 2.75) is 76.9 Å². The third-order valence-corrected chi connectivity index (χ3v) is 4.54. The molecule has 102 valence electrons. The van der Waals surface area contributed by atoms with E-state index in [1.54, 1.807) is 0 Å². The number of rotatable bonds is 12. The lowest BCUT2D eigenvalue weighted by Crippen LogP contribution is -2.02. The largest absolute Gasteiger partial charge is 0.481 e. The van der Waals surface area contributed by atoms with Crippen LogP contribution in [0.2, 0.25) is 0 Å². The highest BCUT2D eigenvalue weighted by Gasteiger charge is 2.06. The van der Waals surface area contributed by atoms with E-state index in [4.69, 9.17) is 5.11 Å². The van der Waals surface area contributed by atoms with Gasteiger partial charge in [-0.1, -0.05) is 39.5 Å². The standard InChI is InChI=1S/C14H28O2S/c1-3-5-7-10-13(4-2)17-12-9-6-8-11-14(15)16/h13H,3-12H2,1-2H3,(H,15,16). The van der Waals surface area contributed by atoms with E-state index in [0.29, 0.717) is 6.42 Å². The molecule has 0 aliphatic rings. The fraction of sp³-hybridized carbons (Fsp3) is 0.929. The average molecular weight is 260 g/mol. The zero-order valence-electron chi connectivity index (χ0n) is 11.4. The van der Waals surface area contributed by atoms with Crippen LogP contribution in [0.15, 0.2) is 0 Å². The zero-order valence-corrected chi connectivity index (χ0v) is 12.2. The molecule has 0 aliphatic carbocycles. The Morgan fingerprint density at radius 2 is 1.88 bits per heavy atom. The van der Waals surface area contributed by atoms with Crippen LogP contribution in [0.1, 0.15) is 71.6 Å². The molecule has 0 saturated heterocycles. The van der Waals surface area contributed by atoms with Crippen molar-refractivity contribution >= 4 is 17.7 Å². The normalized spacial score (nSPS) is 12.6. The summed E-state index contributed by atoms with van der Waals surface area (Å²) in [7, 11) is 0. The summed E-state index contributed by atoms with van der Waals surface area (Å²) in [6.45, 7) is 4.52. The van der Waals surface area contributed by atoms with Gasteiger partial charge in [0.1, 0.15) is 0 Å². The lowest BCUT2D eigenvalue weighted by Gasteiger charge is -2.13. The fourth-order valence-electron chi connectivity index (χ4n) is 1.83. The van der Waals surface area contributed by atoms with Crippen LogP contribution in [-0.4, -0.2) is 22.1 Å². The molecule has 0 amide bonds. The van der Waals surface area contributed by atoms with Crippen molar-refractivity contribution in [3.05, 3.63) is 0 Å². The second-order valence-electron chi connectivity index (χ2n) is 4.60. The second kappa shape index (κ2) is 12.3.